The van der Waals surface area contributed by atoms with E-state index in [2.05, 4.69) is 0 Å². The predicted octanol–water partition coefficient (Wildman–Crippen LogP) is 3.69. The van der Waals surface area contributed by atoms with Gasteiger partial charge >= 0.3 is 0 Å². The van der Waals surface area contributed by atoms with E-state index in [1.54, 1.807) is 18.2 Å². The Bertz CT molecular complexity index is 1020. The molecule has 7 nitrogen and oxygen atoms in total. The third kappa shape index (κ3) is 4.60. The van der Waals surface area contributed by atoms with Crippen molar-refractivity contribution < 1.29 is 33.3 Å². The molecule has 3 rings (SSSR count). The number of halogens is 1. The van der Waals surface area contributed by atoms with Crippen LogP contribution in [0, 0.1) is 5.82 Å². The van der Waals surface area contributed by atoms with Gasteiger partial charge in [-0.15, -0.1) is 0 Å². The Morgan fingerprint density at radius 1 is 1.03 bits per heavy atom. The van der Waals surface area contributed by atoms with Gasteiger partial charge in [0.1, 0.15) is 11.6 Å². The highest BCUT2D eigenvalue weighted by molar-refractivity contribution is 6.46. The number of hydrogen-bond acceptors (Lipinski definition) is 6. The van der Waals surface area contributed by atoms with Gasteiger partial charge in [-0.25, -0.2) is 4.39 Å². The summed E-state index contributed by atoms with van der Waals surface area (Å²) in [5.41, 5.74) is 0.720. The summed E-state index contributed by atoms with van der Waals surface area (Å²) in [6.45, 7) is 4.87. The van der Waals surface area contributed by atoms with E-state index in [0.29, 0.717) is 30.3 Å². The molecule has 2 aromatic carbocycles. The highest BCUT2D eigenvalue weighted by Gasteiger charge is 2.46. The topological polar surface area (TPSA) is 85.3 Å². The Hall–Kier alpha value is -3.39. The molecular formula is C24H26FNO6. The highest BCUT2D eigenvalue weighted by Crippen LogP contribution is 2.42. The maximum atomic E-state index is 13.4. The monoisotopic (exact) mass is 443 g/mol. The third-order valence-electron chi connectivity index (χ3n) is 5.08. The Morgan fingerprint density at radius 2 is 1.69 bits per heavy atom. The molecule has 0 aliphatic carbocycles. The lowest BCUT2D eigenvalue weighted by Gasteiger charge is -2.26. The van der Waals surface area contributed by atoms with Crippen LogP contribution in [0.25, 0.3) is 5.76 Å². The molecule has 1 heterocycles. The largest absolute Gasteiger partial charge is 0.507 e. The zero-order valence-corrected chi connectivity index (χ0v) is 18.3. The number of ketones is 1. The number of likely N-dealkylation sites (tertiary alicyclic amines) is 1. The summed E-state index contributed by atoms with van der Waals surface area (Å²) in [6, 6.07) is 9.32. The van der Waals surface area contributed by atoms with Crippen molar-refractivity contribution in [1.82, 2.24) is 4.90 Å². The van der Waals surface area contributed by atoms with Gasteiger partial charge in [0, 0.05) is 19.2 Å². The predicted molar refractivity (Wildman–Crippen MR) is 116 cm³/mol. The summed E-state index contributed by atoms with van der Waals surface area (Å²) in [6.07, 6.45) is 0. The number of carbonyl (C=O) groups excluding carboxylic acids is 2. The minimum atomic E-state index is -0.870. The first kappa shape index (κ1) is 23.3. The summed E-state index contributed by atoms with van der Waals surface area (Å²) in [7, 11) is 1.49. The number of nitrogens with zero attached hydrogens (tertiary/aromatic N) is 1. The zero-order chi connectivity index (χ0) is 23.3. The molecule has 32 heavy (non-hydrogen) atoms. The minimum absolute atomic E-state index is 0.0793. The number of Topliss-reactive ketones (excluding diaryl/α,β-unsaturated/α-hetero) is 1. The molecule has 8 heteroatoms. The fourth-order valence-electron chi connectivity index (χ4n) is 3.65. The molecule has 0 bridgehead atoms. The van der Waals surface area contributed by atoms with Crippen LogP contribution in [-0.2, 0) is 14.3 Å². The van der Waals surface area contributed by atoms with Crippen LogP contribution < -0.4 is 9.47 Å². The van der Waals surface area contributed by atoms with Crippen LogP contribution in [0.4, 0.5) is 4.39 Å². The quantitative estimate of drug-likeness (QED) is 0.362. The average Bonchev–Trinajstić information content (AvgIpc) is 3.04. The van der Waals surface area contributed by atoms with Gasteiger partial charge in [-0.05, 0) is 55.8 Å². The average molecular weight is 443 g/mol. The molecule has 1 fully saturated rings. The number of hydrogen-bond donors (Lipinski definition) is 1. The van der Waals surface area contributed by atoms with Gasteiger partial charge in [-0.1, -0.05) is 6.07 Å². The molecule has 170 valence electrons. The van der Waals surface area contributed by atoms with Crippen molar-refractivity contribution in [2.45, 2.75) is 19.9 Å². The van der Waals surface area contributed by atoms with Crippen LogP contribution in [0.3, 0.4) is 0 Å². The lowest BCUT2D eigenvalue weighted by atomic mass is 9.95. The van der Waals surface area contributed by atoms with Crippen molar-refractivity contribution in [2.75, 3.05) is 33.5 Å². The van der Waals surface area contributed by atoms with Crippen molar-refractivity contribution in [3.05, 3.63) is 65.0 Å². The molecule has 1 saturated heterocycles. The number of aliphatic hydroxyl groups is 1. The zero-order valence-electron chi connectivity index (χ0n) is 18.3. The van der Waals surface area contributed by atoms with Gasteiger partial charge in [-0.2, -0.15) is 0 Å². The first-order valence-corrected chi connectivity index (χ1v) is 10.4. The molecule has 1 aliphatic rings. The lowest BCUT2D eigenvalue weighted by Crippen LogP contribution is -2.32. The molecule has 1 N–H and O–H groups in total. The van der Waals surface area contributed by atoms with Crippen molar-refractivity contribution in [3.8, 4) is 11.5 Å². The first-order chi connectivity index (χ1) is 15.4. The summed E-state index contributed by atoms with van der Waals surface area (Å²) in [5, 5.41) is 11.0. The summed E-state index contributed by atoms with van der Waals surface area (Å²) in [5.74, 6) is -1.43. The molecule has 0 spiro atoms. The van der Waals surface area contributed by atoms with Crippen molar-refractivity contribution in [2.24, 2.45) is 0 Å². The lowest BCUT2D eigenvalue weighted by molar-refractivity contribution is -0.140. The van der Waals surface area contributed by atoms with E-state index in [4.69, 9.17) is 14.2 Å². The summed E-state index contributed by atoms with van der Waals surface area (Å²) < 4.78 is 29.8. The second-order valence-corrected chi connectivity index (χ2v) is 7.06. The van der Waals surface area contributed by atoms with Crippen LogP contribution in [0.5, 0.6) is 11.5 Å². The van der Waals surface area contributed by atoms with Crippen LogP contribution in [-0.4, -0.2) is 55.2 Å². The second kappa shape index (κ2) is 10.3. The Kier molecular flexibility index (Phi) is 7.48. The maximum Gasteiger partial charge on any atom is 0.295 e. The normalized spacial score (nSPS) is 17.6. The van der Waals surface area contributed by atoms with E-state index in [9.17, 15) is 19.1 Å². The number of carbonyl (C=O) groups is 2. The van der Waals surface area contributed by atoms with Gasteiger partial charge in [0.2, 0.25) is 0 Å². The van der Waals surface area contributed by atoms with Gasteiger partial charge in [0.25, 0.3) is 11.7 Å². The molecule has 2 aromatic rings. The van der Waals surface area contributed by atoms with Crippen LogP contribution in [0.1, 0.15) is 31.0 Å². The van der Waals surface area contributed by atoms with Gasteiger partial charge < -0.3 is 24.2 Å². The number of benzene rings is 2. The van der Waals surface area contributed by atoms with E-state index in [1.165, 1.54) is 36.3 Å². The molecule has 0 radical (unpaired) electrons. The van der Waals surface area contributed by atoms with E-state index in [-0.39, 0.29) is 30.0 Å². The van der Waals surface area contributed by atoms with E-state index in [0.717, 1.165) is 0 Å². The Morgan fingerprint density at radius 3 is 2.31 bits per heavy atom. The Balaban J connectivity index is 2.17. The maximum absolute atomic E-state index is 13.4. The summed E-state index contributed by atoms with van der Waals surface area (Å²) in [4.78, 5) is 27.1. The molecule has 1 unspecified atom stereocenters. The van der Waals surface area contributed by atoms with Gasteiger partial charge in [0.05, 0.1) is 31.4 Å². The van der Waals surface area contributed by atoms with Crippen molar-refractivity contribution >= 4 is 17.4 Å². The minimum Gasteiger partial charge on any atom is -0.507 e. The fraction of sp³-hybridized carbons (Fsp3) is 0.333. The SMILES string of the molecule is CCOc1ccc(C2C(=C(O)c3ccc(F)cc3)C(=O)C(=O)N2CCOC)cc1OCC. The van der Waals surface area contributed by atoms with Crippen molar-refractivity contribution in [1.29, 1.82) is 0 Å². The fourth-order valence-corrected chi connectivity index (χ4v) is 3.65. The number of rotatable bonds is 9. The molecule has 1 aliphatic heterocycles. The van der Waals surface area contributed by atoms with E-state index < -0.39 is 23.5 Å². The van der Waals surface area contributed by atoms with E-state index in [1.807, 2.05) is 13.8 Å². The Labute approximate surface area is 186 Å². The van der Waals surface area contributed by atoms with Crippen molar-refractivity contribution in [3.63, 3.8) is 0 Å². The van der Waals surface area contributed by atoms with Gasteiger partial charge in [0.15, 0.2) is 11.5 Å². The number of aliphatic hydroxyl groups excluding tert-OH is 1. The first-order valence-electron chi connectivity index (χ1n) is 10.4. The molecule has 0 aromatic heterocycles. The second-order valence-electron chi connectivity index (χ2n) is 7.06. The van der Waals surface area contributed by atoms with Gasteiger partial charge in [-0.3, -0.25) is 9.59 Å². The van der Waals surface area contributed by atoms with Crippen LogP contribution in [0.15, 0.2) is 48.0 Å². The van der Waals surface area contributed by atoms with E-state index >= 15 is 0 Å². The third-order valence-corrected chi connectivity index (χ3v) is 5.08. The number of amides is 1. The standard InChI is InChI=1S/C24H26FNO6/c1-4-31-18-11-8-16(14-19(18)32-5-2)21-20(22(27)15-6-9-17(25)10-7-15)23(28)24(29)26(21)12-13-30-3/h6-11,14,21,27H,4-5,12-13H2,1-3H3. The summed E-state index contributed by atoms with van der Waals surface area (Å²) >= 11 is 0. The smallest absolute Gasteiger partial charge is 0.295 e. The molecular weight excluding hydrogens is 417 g/mol. The van der Waals surface area contributed by atoms with Crippen LogP contribution in [0.2, 0.25) is 0 Å². The molecule has 1 amide bonds. The number of ether oxygens (including phenoxy) is 3. The molecule has 1 atom stereocenters. The van der Waals surface area contributed by atoms with Crippen LogP contribution >= 0.6 is 0 Å². The highest BCUT2D eigenvalue weighted by atomic mass is 19.1. The molecule has 0 saturated carbocycles. The number of methoxy groups -OCH3 is 1.